The number of rotatable bonds is 4. The van der Waals surface area contributed by atoms with Crippen LogP contribution >= 0.6 is 15.9 Å². The van der Waals surface area contributed by atoms with Crippen LogP contribution in [0.1, 0.15) is 37.7 Å². The summed E-state index contributed by atoms with van der Waals surface area (Å²) < 4.78 is 1.11. The van der Waals surface area contributed by atoms with Crippen molar-refractivity contribution in [3.63, 3.8) is 0 Å². The van der Waals surface area contributed by atoms with E-state index in [4.69, 9.17) is 0 Å². The predicted molar refractivity (Wildman–Crippen MR) is 99.7 cm³/mol. The van der Waals surface area contributed by atoms with Crippen molar-refractivity contribution in [2.24, 2.45) is 4.99 Å². The van der Waals surface area contributed by atoms with Gasteiger partial charge in [-0.3, -0.25) is 9.89 Å². The standard InChI is InChI=1S/C18H27BrN4/c1-20-18(21-12-14-5-4-6-15(19)11-14)22-16-9-10-23(13-16)17-7-2-3-8-17/h4-6,11,16-17H,2-3,7-10,12-13H2,1H3,(H2,20,21,22). The first-order valence-corrected chi connectivity index (χ1v) is 9.49. The second kappa shape index (κ2) is 8.15. The zero-order valence-electron chi connectivity index (χ0n) is 13.9. The van der Waals surface area contributed by atoms with E-state index in [1.165, 1.54) is 44.2 Å². The molecule has 126 valence electrons. The first kappa shape index (κ1) is 16.8. The summed E-state index contributed by atoms with van der Waals surface area (Å²) in [4.78, 5) is 7.05. The average Bonchev–Trinajstić information content (AvgIpc) is 3.22. The van der Waals surface area contributed by atoms with Crippen molar-refractivity contribution < 1.29 is 0 Å². The molecule has 5 heteroatoms. The molecule has 1 unspecified atom stereocenters. The van der Waals surface area contributed by atoms with Crippen LogP contribution < -0.4 is 10.6 Å². The van der Waals surface area contributed by atoms with E-state index in [2.05, 4.69) is 54.7 Å². The van der Waals surface area contributed by atoms with Gasteiger partial charge in [0.25, 0.3) is 0 Å². The van der Waals surface area contributed by atoms with Gasteiger partial charge in [0.15, 0.2) is 5.96 Å². The fraction of sp³-hybridized carbons (Fsp3) is 0.611. The Labute approximate surface area is 147 Å². The number of benzene rings is 1. The minimum Gasteiger partial charge on any atom is -0.352 e. The van der Waals surface area contributed by atoms with Gasteiger partial charge in [0.05, 0.1) is 0 Å². The van der Waals surface area contributed by atoms with Crippen molar-refractivity contribution in [1.29, 1.82) is 0 Å². The van der Waals surface area contributed by atoms with Crippen LogP contribution in [0.25, 0.3) is 0 Å². The molecule has 1 atom stereocenters. The second-order valence-electron chi connectivity index (χ2n) is 6.62. The highest BCUT2D eigenvalue weighted by Crippen LogP contribution is 2.26. The predicted octanol–water partition coefficient (Wildman–Crippen LogP) is 3.13. The van der Waals surface area contributed by atoms with Gasteiger partial charge >= 0.3 is 0 Å². The molecule has 4 nitrogen and oxygen atoms in total. The van der Waals surface area contributed by atoms with E-state index in [0.717, 1.165) is 29.6 Å². The van der Waals surface area contributed by atoms with Crippen LogP contribution in [0.3, 0.4) is 0 Å². The van der Waals surface area contributed by atoms with Gasteiger partial charge in [-0.1, -0.05) is 40.9 Å². The minimum absolute atomic E-state index is 0.518. The number of hydrogen-bond donors (Lipinski definition) is 2. The second-order valence-corrected chi connectivity index (χ2v) is 7.53. The van der Waals surface area contributed by atoms with Crippen molar-refractivity contribution in [2.45, 2.75) is 50.7 Å². The fourth-order valence-corrected chi connectivity index (χ4v) is 4.17. The number of guanidine groups is 1. The summed E-state index contributed by atoms with van der Waals surface area (Å²) in [5.41, 5.74) is 1.25. The van der Waals surface area contributed by atoms with Gasteiger partial charge < -0.3 is 10.6 Å². The Kier molecular flexibility index (Phi) is 5.95. The van der Waals surface area contributed by atoms with Gasteiger partial charge in [-0.05, 0) is 37.0 Å². The fourth-order valence-electron chi connectivity index (χ4n) is 3.73. The third-order valence-electron chi connectivity index (χ3n) is 4.97. The zero-order valence-corrected chi connectivity index (χ0v) is 15.5. The molecule has 1 saturated heterocycles. The third kappa shape index (κ3) is 4.70. The molecule has 2 N–H and O–H groups in total. The maximum absolute atomic E-state index is 4.38. The first-order chi connectivity index (χ1) is 11.2. The van der Waals surface area contributed by atoms with Gasteiger partial charge in [-0.15, -0.1) is 0 Å². The molecule has 1 aromatic rings. The molecule has 3 rings (SSSR count). The monoisotopic (exact) mass is 378 g/mol. The normalized spacial score (nSPS) is 23.4. The molecule has 1 heterocycles. The summed E-state index contributed by atoms with van der Waals surface area (Å²) in [6.07, 6.45) is 6.82. The average molecular weight is 379 g/mol. The van der Waals surface area contributed by atoms with E-state index < -0.39 is 0 Å². The smallest absolute Gasteiger partial charge is 0.191 e. The summed E-state index contributed by atoms with van der Waals surface area (Å²) in [5.74, 6) is 0.906. The molecule has 0 aromatic heterocycles. The van der Waals surface area contributed by atoms with E-state index in [-0.39, 0.29) is 0 Å². The highest BCUT2D eigenvalue weighted by atomic mass is 79.9. The van der Waals surface area contributed by atoms with Crippen molar-refractivity contribution in [1.82, 2.24) is 15.5 Å². The minimum atomic E-state index is 0.518. The van der Waals surface area contributed by atoms with Crippen LogP contribution in [0.5, 0.6) is 0 Å². The lowest BCUT2D eigenvalue weighted by atomic mass is 10.2. The molecule has 0 spiro atoms. The lowest BCUT2D eigenvalue weighted by Crippen LogP contribution is -2.45. The molecular formula is C18H27BrN4. The van der Waals surface area contributed by atoms with Crippen LogP contribution in [0.2, 0.25) is 0 Å². The highest BCUT2D eigenvalue weighted by molar-refractivity contribution is 9.10. The molecule has 23 heavy (non-hydrogen) atoms. The Morgan fingerprint density at radius 3 is 2.87 bits per heavy atom. The number of hydrogen-bond acceptors (Lipinski definition) is 2. The molecular weight excluding hydrogens is 352 g/mol. The molecule has 1 saturated carbocycles. The van der Waals surface area contributed by atoms with Crippen molar-refractivity contribution in [3.05, 3.63) is 34.3 Å². The Balaban J connectivity index is 1.46. The van der Waals surface area contributed by atoms with Gasteiger partial charge in [0.2, 0.25) is 0 Å². The highest BCUT2D eigenvalue weighted by Gasteiger charge is 2.30. The summed E-state index contributed by atoms with van der Waals surface area (Å²) in [7, 11) is 1.85. The van der Waals surface area contributed by atoms with Crippen LogP contribution in [0, 0.1) is 0 Å². The van der Waals surface area contributed by atoms with E-state index in [9.17, 15) is 0 Å². The molecule has 0 amide bonds. The number of likely N-dealkylation sites (tertiary alicyclic amines) is 1. The van der Waals surface area contributed by atoms with E-state index in [0.29, 0.717) is 6.04 Å². The van der Waals surface area contributed by atoms with E-state index in [1.54, 1.807) is 0 Å². The Bertz CT molecular complexity index is 540. The Morgan fingerprint density at radius 1 is 1.30 bits per heavy atom. The molecule has 0 radical (unpaired) electrons. The van der Waals surface area contributed by atoms with Crippen molar-refractivity contribution in [3.8, 4) is 0 Å². The molecule has 2 fully saturated rings. The number of aliphatic imine (C=N–C) groups is 1. The Hall–Kier alpha value is -1.07. The lowest BCUT2D eigenvalue weighted by molar-refractivity contribution is 0.242. The summed E-state index contributed by atoms with van der Waals surface area (Å²) in [5, 5.41) is 7.01. The molecule has 2 aliphatic rings. The largest absolute Gasteiger partial charge is 0.352 e. The van der Waals surface area contributed by atoms with Crippen molar-refractivity contribution in [2.75, 3.05) is 20.1 Å². The molecule has 1 aromatic carbocycles. The summed E-state index contributed by atoms with van der Waals surface area (Å²) in [6, 6.07) is 9.73. The van der Waals surface area contributed by atoms with Crippen LogP contribution in [0.15, 0.2) is 33.7 Å². The van der Waals surface area contributed by atoms with Crippen molar-refractivity contribution >= 4 is 21.9 Å². The SMILES string of the molecule is CN=C(NCc1cccc(Br)c1)NC1CCN(C2CCCC2)C1. The van der Waals surface area contributed by atoms with Gasteiger partial charge in [0, 0.05) is 43.2 Å². The van der Waals surface area contributed by atoms with Crippen LogP contribution in [-0.4, -0.2) is 43.1 Å². The number of nitrogens with zero attached hydrogens (tertiary/aromatic N) is 2. The quantitative estimate of drug-likeness (QED) is 0.624. The molecule has 1 aliphatic heterocycles. The first-order valence-electron chi connectivity index (χ1n) is 8.70. The lowest BCUT2D eigenvalue weighted by Gasteiger charge is -2.24. The van der Waals surface area contributed by atoms with Crippen LogP contribution in [-0.2, 0) is 6.54 Å². The molecule has 1 aliphatic carbocycles. The third-order valence-corrected chi connectivity index (χ3v) is 5.47. The maximum Gasteiger partial charge on any atom is 0.191 e. The van der Waals surface area contributed by atoms with E-state index in [1.807, 2.05) is 13.1 Å². The Morgan fingerprint density at radius 2 is 2.13 bits per heavy atom. The maximum atomic E-state index is 4.38. The van der Waals surface area contributed by atoms with Gasteiger partial charge in [-0.2, -0.15) is 0 Å². The van der Waals surface area contributed by atoms with E-state index >= 15 is 0 Å². The molecule has 0 bridgehead atoms. The summed E-state index contributed by atoms with van der Waals surface area (Å²) >= 11 is 3.52. The van der Waals surface area contributed by atoms with Gasteiger partial charge in [-0.25, -0.2) is 0 Å². The zero-order chi connectivity index (χ0) is 16.1. The number of halogens is 1. The topological polar surface area (TPSA) is 39.7 Å². The summed E-state index contributed by atoms with van der Waals surface area (Å²) in [6.45, 7) is 3.17. The number of nitrogens with one attached hydrogen (secondary N) is 2. The van der Waals surface area contributed by atoms with Crippen LogP contribution in [0.4, 0.5) is 0 Å². The van der Waals surface area contributed by atoms with Gasteiger partial charge in [0.1, 0.15) is 0 Å².